The number of anilines is 1. The Morgan fingerprint density at radius 1 is 1.08 bits per heavy atom. The number of hydrogen-bond acceptors (Lipinski definition) is 4. The van der Waals surface area contributed by atoms with E-state index in [0.29, 0.717) is 0 Å². The van der Waals surface area contributed by atoms with Gasteiger partial charge in [-0.15, -0.1) is 0 Å². The van der Waals surface area contributed by atoms with Crippen molar-refractivity contribution >= 4 is 17.6 Å². The van der Waals surface area contributed by atoms with E-state index in [1.54, 1.807) is 18.2 Å². The fraction of sp³-hybridized carbons (Fsp3) is 0.222. The van der Waals surface area contributed by atoms with Crippen LogP contribution in [0.25, 0.3) is 0 Å². The first-order chi connectivity index (χ1) is 12.2. The molecule has 1 atom stereocenters. The summed E-state index contributed by atoms with van der Waals surface area (Å²) in [4.78, 5) is 24.2. The van der Waals surface area contributed by atoms with E-state index in [1.165, 1.54) is 32.2 Å². The van der Waals surface area contributed by atoms with Crippen LogP contribution in [-0.4, -0.2) is 25.1 Å². The third kappa shape index (κ3) is 4.75. The molecule has 0 saturated carbocycles. The standard InChI is InChI=1S/C18H16F3NO4/c1-11(26-17(24)14-8-3-4-9-15(14)25-2)16(23)22-13-7-5-6-12(10-13)18(19,20)21/h3-11H,1-2H3,(H,22,23)/t11-/m0/s1. The van der Waals surface area contributed by atoms with Gasteiger partial charge in [0.05, 0.1) is 12.7 Å². The van der Waals surface area contributed by atoms with Crippen LogP contribution >= 0.6 is 0 Å². The van der Waals surface area contributed by atoms with Gasteiger partial charge in [-0.2, -0.15) is 13.2 Å². The predicted molar refractivity (Wildman–Crippen MR) is 87.9 cm³/mol. The smallest absolute Gasteiger partial charge is 0.416 e. The minimum atomic E-state index is -4.53. The Labute approximate surface area is 147 Å². The van der Waals surface area contributed by atoms with Crippen LogP contribution in [0.4, 0.5) is 18.9 Å². The zero-order chi connectivity index (χ0) is 19.3. The van der Waals surface area contributed by atoms with Crippen LogP contribution in [0.3, 0.4) is 0 Å². The maximum Gasteiger partial charge on any atom is 0.416 e. The third-order valence-corrected chi connectivity index (χ3v) is 3.44. The average Bonchev–Trinajstić information content (AvgIpc) is 2.61. The minimum Gasteiger partial charge on any atom is -0.496 e. The molecule has 1 amide bonds. The lowest BCUT2D eigenvalue weighted by atomic mass is 10.2. The minimum absolute atomic E-state index is 0.0509. The number of carbonyl (C=O) groups excluding carboxylic acids is 2. The molecule has 0 fully saturated rings. The van der Waals surface area contributed by atoms with Gasteiger partial charge in [0.2, 0.25) is 0 Å². The average molecular weight is 367 g/mol. The van der Waals surface area contributed by atoms with Crippen LogP contribution in [0.2, 0.25) is 0 Å². The molecule has 0 heterocycles. The lowest BCUT2D eigenvalue weighted by Gasteiger charge is -2.15. The molecule has 2 aromatic rings. The van der Waals surface area contributed by atoms with Crippen LogP contribution in [0.15, 0.2) is 48.5 Å². The topological polar surface area (TPSA) is 64.6 Å². The van der Waals surface area contributed by atoms with Crippen molar-refractivity contribution in [2.45, 2.75) is 19.2 Å². The maximum atomic E-state index is 12.7. The summed E-state index contributed by atoms with van der Waals surface area (Å²) in [6.45, 7) is 1.32. The van der Waals surface area contributed by atoms with Gasteiger partial charge in [-0.3, -0.25) is 4.79 Å². The van der Waals surface area contributed by atoms with E-state index in [9.17, 15) is 22.8 Å². The normalized spacial score (nSPS) is 12.2. The van der Waals surface area contributed by atoms with Crippen molar-refractivity contribution in [2.24, 2.45) is 0 Å². The third-order valence-electron chi connectivity index (χ3n) is 3.44. The van der Waals surface area contributed by atoms with Gasteiger partial charge < -0.3 is 14.8 Å². The summed E-state index contributed by atoms with van der Waals surface area (Å²) in [7, 11) is 1.38. The van der Waals surface area contributed by atoms with Crippen molar-refractivity contribution in [3.63, 3.8) is 0 Å². The van der Waals surface area contributed by atoms with E-state index in [4.69, 9.17) is 9.47 Å². The Balaban J connectivity index is 2.05. The van der Waals surface area contributed by atoms with Crippen LogP contribution in [0, 0.1) is 0 Å². The summed E-state index contributed by atoms with van der Waals surface area (Å²) in [5.41, 5.74) is -0.812. The SMILES string of the molecule is COc1ccccc1C(=O)O[C@@H](C)C(=O)Nc1cccc(C(F)(F)F)c1. The monoisotopic (exact) mass is 367 g/mol. The van der Waals surface area contributed by atoms with Gasteiger partial charge in [-0.05, 0) is 37.3 Å². The quantitative estimate of drug-likeness (QED) is 0.814. The van der Waals surface area contributed by atoms with Gasteiger partial charge >= 0.3 is 12.1 Å². The number of ether oxygens (including phenoxy) is 2. The van der Waals surface area contributed by atoms with Crippen molar-refractivity contribution in [1.82, 2.24) is 0 Å². The van der Waals surface area contributed by atoms with Crippen LogP contribution in [-0.2, 0) is 15.7 Å². The highest BCUT2D eigenvalue weighted by molar-refractivity contribution is 5.98. The molecule has 8 heteroatoms. The number of para-hydroxylation sites is 1. The highest BCUT2D eigenvalue weighted by atomic mass is 19.4. The number of benzene rings is 2. The van der Waals surface area contributed by atoms with E-state index < -0.39 is 29.7 Å². The number of methoxy groups -OCH3 is 1. The van der Waals surface area contributed by atoms with Crippen LogP contribution in [0.5, 0.6) is 5.75 Å². The molecule has 0 aromatic heterocycles. The van der Waals surface area contributed by atoms with E-state index in [2.05, 4.69) is 5.32 Å². The molecule has 0 unspecified atom stereocenters. The van der Waals surface area contributed by atoms with Gasteiger partial charge in [0.25, 0.3) is 5.91 Å². The molecular formula is C18H16F3NO4. The molecule has 0 saturated heterocycles. The van der Waals surface area contributed by atoms with Crippen molar-refractivity contribution in [2.75, 3.05) is 12.4 Å². The van der Waals surface area contributed by atoms with Crippen molar-refractivity contribution in [3.8, 4) is 5.75 Å². The second-order valence-corrected chi connectivity index (χ2v) is 5.32. The molecule has 2 aromatic carbocycles. The Morgan fingerprint density at radius 3 is 2.42 bits per heavy atom. The van der Waals surface area contributed by atoms with Gasteiger partial charge in [-0.25, -0.2) is 4.79 Å². The molecule has 138 valence electrons. The van der Waals surface area contributed by atoms with Gasteiger partial charge in [0.1, 0.15) is 11.3 Å². The first kappa shape index (κ1) is 19.3. The summed E-state index contributed by atoms with van der Waals surface area (Å²) < 4.78 is 48.2. The molecule has 5 nitrogen and oxygen atoms in total. The summed E-state index contributed by atoms with van der Waals surface area (Å²) >= 11 is 0. The fourth-order valence-corrected chi connectivity index (χ4v) is 2.11. The Morgan fingerprint density at radius 2 is 1.77 bits per heavy atom. The van der Waals surface area contributed by atoms with Crippen molar-refractivity contribution in [3.05, 3.63) is 59.7 Å². The molecule has 0 aliphatic carbocycles. The molecular weight excluding hydrogens is 351 g/mol. The molecule has 2 rings (SSSR count). The number of carbonyl (C=O) groups is 2. The first-order valence-electron chi connectivity index (χ1n) is 7.54. The second kappa shape index (κ2) is 7.90. The van der Waals surface area contributed by atoms with E-state index in [1.807, 2.05) is 0 Å². The van der Waals surface area contributed by atoms with Gasteiger partial charge in [0, 0.05) is 5.69 Å². The van der Waals surface area contributed by atoms with Crippen LogP contribution in [0.1, 0.15) is 22.8 Å². The van der Waals surface area contributed by atoms with E-state index >= 15 is 0 Å². The lowest BCUT2D eigenvalue weighted by Crippen LogP contribution is -2.30. The van der Waals surface area contributed by atoms with Gasteiger partial charge in [0.15, 0.2) is 6.10 Å². The predicted octanol–water partition coefficient (Wildman–Crippen LogP) is 3.90. The van der Waals surface area contributed by atoms with Crippen molar-refractivity contribution in [1.29, 1.82) is 0 Å². The number of nitrogens with one attached hydrogen (secondary N) is 1. The van der Waals surface area contributed by atoms with Gasteiger partial charge in [-0.1, -0.05) is 18.2 Å². The summed E-state index contributed by atoms with van der Waals surface area (Å²) in [6.07, 6.45) is -5.75. The summed E-state index contributed by atoms with van der Waals surface area (Å²) in [6, 6.07) is 10.5. The molecule has 0 radical (unpaired) electrons. The van der Waals surface area contributed by atoms with E-state index in [0.717, 1.165) is 12.1 Å². The largest absolute Gasteiger partial charge is 0.496 e. The Bertz CT molecular complexity index is 805. The molecule has 0 bridgehead atoms. The number of esters is 1. The van der Waals surface area contributed by atoms with Crippen LogP contribution < -0.4 is 10.1 Å². The van der Waals surface area contributed by atoms with Crippen molar-refractivity contribution < 1.29 is 32.2 Å². The first-order valence-corrected chi connectivity index (χ1v) is 7.54. The molecule has 0 spiro atoms. The number of alkyl halides is 3. The molecule has 0 aliphatic heterocycles. The number of halogens is 3. The number of hydrogen-bond donors (Lipinski definition) is 1. The fourth-order valence-electron chi connectivity index (χ4n) is 2.11. The Hall–Kier alpha value is -3.03. The Kier molecular flexibility index (Phi) is 5.86. The molecule has 1 N–H and O–H groups in total. The summed E-state index contributed by atoms with van der Waals surface area (Å²) in [5, 5.41) is 2.29. The zero-order valence-corrected chi connectivity index (χ0v) is 14.0. The molecule has 0 aliphatic rings. The number of rotatable bonds is 5. The highest BCUT2D eigenvalue weighted by Gasteiger charge is 2.30. The zero-order valence-electron chi connectivity index (χ0n) is 14.0. The number of amides is 1. The maximum absolute atomic E-state index is 12.7. The highest BCUT2D eigenvalue weighted by Crippen LogP contribution is 2.30. The molecule has 26 heavy (non-hydrogen) atoms. The van der Waals surface area contributed by atoms with E-state index in [-0.39, 0.29) is 17.0 Å². The second-order valence-electron chi connectivity index (χ2n) is 5.32. The lowest BCUT2D eigenvalue weighted by molar-refractivity contribution is -0.137. The summed E-state index contributed by atoms with van der Waals surface area (Å²) in [5.74, 6) is -1.26.